The zero-order valence-corrected chi connectivity index (χ0v) is 8.75. The van der Waals surface area contributed by atoms with Crippen LogP contribution in [0.15, 0.2) is 24.3 Å². The summed E-state index contributed by atoms with van der Waals surface area (Å²) in [4.78, 5) is 0. The molecule has 0 aliphatic carbocycles. The van der Waals surface area contributed by atoms with E-state index in [0.717, 1.165) is 6.42 Å². The number of benzene rings is 1. The van der Waals surface area contributed by atoms with Gasteiger partial charge in [-0.1, -0.05) is 26.0 Å². The Bertz CT molecular complexity index is 330. The van der Waals surface area contributed by atoms with Gasteiger partial charge in [-0.15, -0.1) is 0 Å². The maximum atomic E-state index is 8.64. The van der Waals surface area contributed by atoms with Gasteiger partial charge in [0.2, 0.25) is 0 Å². The lowest BCUT2D eigenvalue weighted by Gasteiger charge is -2.22. The summed E-state index contributed by atoms with van der Waals surface area (Å²) in [5, 5.41) is 8.64. The van der Waals surface area contributed by atoms with Gasteiger partial charge in [0.1, 0.15) is 0 Å². The minimum Gasteiger partial charge on any atom is -0.330 e. The van der Waals surface area contributed by atoms with Crippen molar-refractivity contribution in [1.82, 2.24) is 0 Å². The zero-order chi connectivity index (χ0) is 10.6. The van der Waals surface area contributed by atoms with Crippen molar-refractivity contribution in [3.63, 3.8) is 0 Å². The van der Waals surface area contributed by atoms with Crippen LogP contribution in [0.25, 0.3) is 0 Å². The molecule has 2 nitrogen and oxygen atoms in total. The van der Waals surface area contributed by atoms with Crippen LogP contribution in [0.2, 0.25) is 0 Å². The Labute approximate surface area is 85.4 Å². The van der Waals surface area contributed by atoms with Crippen LogP contribution in [0.1, 0.15) is 25.0 Å². The second kappa shape index (κ2) is 4.26. The monoisotopic (exact) mass is 188 g/mol. The van der Waals surface area contributed by atoms with Crippen LogP contribution in [0.3, 0.4) is 0 Å². The van der Waals surface area contributed by atoms with E-state index >= 15 is 0 Å². The van der Waals surface area contributed by atoms with E-state index in [-0.39, 0.29) is 5.41 Å². The quantitative estimate of drug-likeness (QED) is 0.789. The SMILES string of the molecule is CC(C)(CN)Cc1ccc(C#N)cc1. The largest absolute Gasteiger partial charge is 0.330 e. The lowest BCUT2D eigenvalue weighted by molar-refractivity contribution is 0.377. The molecule has 2 heteroatoms. The van der Waals surface area contributed by atoms with Gasteiger partial charge in [-0.2, -0.15) is 5.26 Å². The Hall–Kier alpha value is -1.33. The van der Waals surface area contributed by atoms with Crippen molar-refractivity contribution in [1.29, 1.82) is 5.26 Å². The van der Waals surface area contributed by atoms with Crippen LogP contribution in [-0.2, 0) is 6.42 Å². The first kappa shape index (κ1) is 10.7. The van der Waals surface area contributed by atoms with Crippen LogP contribution in [0, 0.1) is 16.7 Å². The molecule has 1 rings (SSSR count). The summed E-state index contributed by atoms with van der Waals surface area (Å²) in [7, 11) is 0. The van der Waals surface area contributed by atoms with Gasteiger partial charge in [0, 0.05) is 0 Å². The fraction of sp³-hybridized carbons (Fsp3) is 0.417. The lowest BCUT2D eigenvalue weighted by Crippen LogP contribution is -2.25. The van der Waals surface area contributed by atoms with Crippen LogP contribution < -0.4 is 5.73 Å². The van der Waals surface area contributed by atoms with Crippen molar-refractivity contribution in [3.05, 3.63) is 35.4 Å². The van der Waals surface area contributed by atoms with Gasteiger partial charge in [0.05, 0.1) is 11.6 Å². The Balaban J connectivity index is 2.75. The van der Waals surface area contributed by atoms with Crippen LogP contribution in [0.4, 0.5) is 0 Å². The molecule has 0 aromatic heterocycles. The average molecular weight is 188 g/mol. The first-order valence-corrected chi connectivity index (χ1v) is 4.76. The van der Waals surface area contributed by atoms with E-state index < -0.39 is 0 Å². The summed E-state index contributed by atoms with van der Waals surface area (Å²) >= 11 is 0. The summed E-state index contributed by atoms with van der Waals surface area (Å²) in [5.74, 6) is 0. The topological polar surface area (TPSA) is 49.8 Å². The van der Waals surface area contributed by atoms with Crippen molar-refractivity contribution in [2.45, 2.75) is 20.3 Å². The third-order valence-electron chi connectivity index (χ3n) is 2.32. The molecule has 0 atom stereocenters. The average Bonchev–Trinajstić information content (AvgIpc) is 2.19. The van der Waals surface area contributed by atoms with Gasteiger partial charge >= 0.3 is 0 Å². The van der Waals surface area contributed by atoms with E-state index in [4.69, 9.17) is 11.0 Å². The summed E-state index contributed by atoms with van der Waals surface area (Å²) in [5.41, 5.74) is 7.73. The van der Waals surface area contributed by atoms with Gasteiger partial charge in [-0.3, -0.25) is 0 Å². The molecule has 14 heavy (non-hydrogen) atoms. The molecule has 0 bridgehead atoms. The second-order valence-electron chi connectivity index (χ2n) is 4.35. The molecule has 0 saturated carbocycles. The molecule has 0 amide bonds. The van der Waals surface area contributed by atoms with E-state index in [9.17, 15) is 0 Å². The maximum Gasteiger partial charge on any atom is 0.0991 e. The predicted molar refractivity (Wildman–Crippen MR) is 57.7 cm³/mol. The number of nitriles is 1. The van der Waals surface area contributed by atoms with E-state index in [1.165, 1.54) is 5.56 Å². The van der Waals surface area contributed by atoms with Crippen molar-refractivity contribution >= 4 is 0 Å². The van der Waals surface area contributed by atoms with Crippen LogP contribution in [-0.4, -0.2) is 6.54 Å². The molecule has 0 radical (unpaired) electrons. The molecule has 1 aromatic carbocycles. The predicted octanol–water partition coefficient (Wildman–Crippen LogP) is 2.09. The van der Waals surface area contributed by atoms with Crippen molar-refractivity contribution in [2.24, 2.45) is 11.1 Å². The maximum absolute atomic E-state index is 8.64. The third kappa shape index (κ3) is 2.86. The molecule has 74 valence electrons. The fourth-order valence-electron chi connectivity index (χ4n) is 1.32. The van der Waals surface area contributed by atoms with Gasteiger partial charge in [-0.05, 0) is 36.1 Å². The van der Waals surface area contributed by atoms with E-state index in [1.54, 1.807) is 0 Å². The molecule has 2 N–H and O–H groups in total. The Kier molecular flexibility index (Phi) is 3.27. The number of nitrogens with two attached hydrogens (primary N) is 1. The fourth-order valence-corrected chi connectivity index (χ4v) is 1.32. The molecule has 0 unspecified atom stereocenters. The first-order valence-electron chi connectivity index (χ1n) is 4.76. The Morgan fingerprint density at radius 1 is 1.29 bits per heavy atom. The molecular weight excluding hydrogens is 172 g/mol. The highest BCUT2D eigenvalue weighted by Crippen LogP contribution is 2.20. The summed E-state index contributed by atoms with van der Waals surface area (Å²) in [6, 6.07) is 9.80. The highest BCUT2D eigenvalue weighted by molar-refractivity contribution is 5.31. The molecule has 0 heterocycles. The molecule has 0 aliphatic rings. The van der Waals surface area contributed by atoms with E-state index in [0.29, 0.717) is 12.1 Å². The molecule has 0 fully saturated rings. The van der Waals surface area contributed by atoms with Crippen molar-refractivity contribution in [2.75, 3.05) is 6.54 Å². The van der Waals surface area contributed by atoms with Gasteiger partial charge < -0.3 is 5.73 Å². The van der Waals surface area contributed by atoms with Crippen molar-refractivity contribution < 1.29 is 0 Å². The molecule has 1 aromatic rings. The van der Waals surface area contributed by atoms with E-state index in [2.05, 4.69) is 19.9 Å². The summed E-state index contributed by atoms with van der Waals surface area (Å²) < 4.78 is 0. The van der Waals surface area contributed by atoms with Crippen LogP contribution >= 0.6 is 0 Å². The molecule has 0 saturated heterocycles. The minimum atomic E-state index is 0.133. The Morgan fingerprint density at radius 2 is 1.86 bits per heavy atom. The highest BCUT2D eigenvalue weighted by atomic mass is 14.6. The van der Waals surface area contributed by atoms with E-state index in [1.807, 2.05) is 24.3 Å². The molecule has 0 spiro atoms. The summed E-state index contributed by atoms with van der Waals surface area (Å²) in [6.07, 6.45) is 0.954. The third-order valence-corrected chi connectivity index (χ3v) is 2.32. The van der Waals surface area contributed by atoms with Gasteiger partial charge in [0.25, 0.3) is 0 Å². The Morgan fingerprint density at radius 3 is 2.29 bits per heavy atom. The number of hydrogen-bond acceptors (Lipinski definition) is 2. The number of rotatable bonds is 3. The van der Waals surface area contributed by atoms with Gasteiger partial charge in [0.15, 0.2) is 0 Å². The molecular formula is C12H16N2. The number of hydrogen-bond donors (Lipinski definition) is 1. The first-order chi connectivity index (χ1) is 6.57. The van der Waals surface area contributed by atoms with Gasteiger partial charge in [-0.25, -0.2) is 0 Å². The lowest BCUT2D eigenvalue weighted by atomic mass is 9.86. The zero-order valence-electron chi connectivity index (χ0n) is 8.75. The van der Waals surface area contributed by atoms with Crippen LogP contribution in [0.5, 0.6) is 0 Å². The standard InChI is InChI=1S/C12H16N2/c1-12(2,9-14)7-10-3-5-11(8-13)6-4-10/h3-6H,7,9,14H2,1-2H3. The minimum absolute atomic E-state index is 0.133. The van der Waals surface area contributed by atoms with Crippen molar-refractivity contribution in [3.8, 4) is 6.07 Å². The highest BCUT2D eigenvalue weighted by Gasteiger charge is 2.15. The summed E-state index contributed by atoms with van der Waals surface area (Å²) in [6.45, 7) is 4.96. The smallest absolute Gasteiger partial charge is 0.0991 e. The molecule has 0 aliphatic heterocycles. The second-order valence-corrected chi connectivity index (χ2v) is 4.35. The normalized spacial score (nSPS) is 11.0. The number of nitrogens with zero attached hydrogens (tertiary/aromatic N) is 1.